The number of fused-ring (bicyclic) bond motifs is 3. The first-order valence-corrected chi connectivity index (χ1v) is 6.30. The molecule has 4 heteroatoms. The summed E-state index contributed by atoms with van der Waals surface area (Å²) in [4.78, 5) is 3.33. The standard InChI is InChI=1S/C15H13NO3/c17-13-6-5-12-14(15(13)19-8-9-7-18-9)10-3-1-2-4-11(10)16-12/h1-6,9,16-17H,7-8H2/t9-/m0/s1. The van der Waals surface area contributed by atoms with Crippen molar-refractivity contribution < 1.29 is 14.6 Å². The molecule has 0 spiro atoms. The fraction of sp³-hybridized carbons (Fsp3) is 0.200. The maximum absolute atomic E-state index is 10.0. The second-order valence-corrected chi connectivity index (χ2v) is 4.77. The molecule has 4 rings (SSSR count). The highest BCUT2D eigenvalue weighted by Crippen LogP contribution is 2.39. The lowest BCUT2D eigenvalue weighted by molar-refractivity contribution is 0.257. The van der Waals surface area contributed by atoms with Gasteiger partial charge in [-0.2, -0.15) is 0 Å². The summed E-state index contributed by atoms with van der Waals surface area (Å²) >= 11 is 0. The fourth-order valence-corrected chi connectivity index (χ4v) is 2.39. The van der Waals surface area contributed by atoms with E-state index in [1.807, 2.05) is 30.3 Å². The molecule has 19 heavy (non-hydrogen) atoms. The summed E-state index contributed by atoms with van der Waals surface area (Å²) in [6.45, 7) is 1.22. The van der Waals surface area contributed by atoms with Crippen molar-refractivity contribution in [2.45, 2.75) is 6.10 Å². The summed E-state index contributed by atoms with van der Waals surface area (Å²) in [5.74, 6) is 0.698. The van der Waals surface area contributed by atoms with E-state index in [0.29, 0.717) is 12.4 Å². The van der Waals surface area contributed by atoms with Crippen LogP contribution in [0.1, 0.15) is 0 Å². The quantitative estimate of drug-likeness (QED) is 0.707. The highest BCUT2D eigenvalue weighted by Gasteiger charge is 2.24. The Labute approximate surface area is 109 Å². The van der Waals surface area contributed by atoms with Crippen LogP contribution < -0.4 is 4.74 Å². The molecule has 1 aliphatic rings. The number of aromatic nitrogens is 1. The van der Waals surface area contributed by atoms with E-state index in [9.17, 15) is 5.11 Å². The van der Waals surface area contributed by atoms with Crippen LogP contribution in [0, 0.1) is 0 Å². The lowest BCUT2D eigenvalue weighted by Crippen LogP contribution is -2.04. The molecule has 0 amide bonds. The highest BCUT2D eigenvalue weighted by molar-refractivity contribution is 6.11. The Morgan fingerprint density at radius 3 is 2.89 bits per heavy atom. The maximum atomic E-state index is 10.0. The summed E-state index contributed by atoms with van der Waals surface area (Å²) in [6, 6.07) is 11.5. The van der Waals surface area contributed by atoms with Crippen molar-refractivity contribution in [1.82, 2.24) is 4.98 Å². The summed E-state index contributed by atoms with van der Waals surface area (Å²) in [5.41, 5.74) is 2.00. The van der Waals surface area contributed by atoms with Gasteiger partial charge in [0, 0.05) is 10.9 Å². The van der Waals surface area contributed by atoms with E-state index in [2.05, 4.69) is 4.98 Å². The van der Waals surface area contributed by atoms with Crippen LogP contribution in [0.4, 0.5) is 0 Å². The SMILES string of the molecule is Oc1ccc2[nH]c3ccccc3c2c1OC[C@@H]1CO1. The number of aromatic amines is 1. The molecule has 4 nitrogen and oxygen atoms in total. The summed E-state index contributed by atoms with van der Waals surface area (Å²) < 4.78 is 10.9. The molecular weight excluding hydrogens is 242 g/mol. The average molecular weight is 255 g/mol. The molecule has 0 bridgehead atoms. The average Bonchev–Trinajstić information content (AvgIpc) is 3.17. The predicted molar refractivity (Wildman–Crippen MR) is 72.7 cm³/mol. The van der Waals surface area contributed by atoms with Crippen LogP contribution in [-0.2, 0) is 4.74 Å². The van der Waals surface area contributed by atoms with Gasteiger partial charge in [-0.15, -0.1) is 0 Å². The van der Waals surface area contributed by atoms with Gasteiger partial charge in [-0.25, -0.2) is 0 Å². The molecule has 0 saturated carbocycles. The Morgan fingerprint density at radius 1 is 1.21 bits per heavy atom. The number of para-hydroxylation sites is 1. The van der Waals surface area contributed by atoms with Crippen molar-refractivity contribution in [3.05, 3.63) is 36.4 Å². The number of phenolic OH excluding ortho intramolecular Hbond substituents is 1. The third-order valence-corrected chi connectivity index (χ3v) is 3.42. The molecule has 1 aromatic heterocycles. The number of aromatic hydroxyl groups is 1. The number of H-pyrrole nitrogens is 1. The van der Waals surface area contributed by atoms with Crippen molar-refractivity contribution >= 4 is 21.8 Å². The zero-order valence-electron chi connectivity index (χ0n) is 10.2. The molecule has 0 radical (unpaired) electrons. The van der Waals surface area contributed by atoms with Gasteiger partial charge < -0.3 is 19.6 Å². The van der Waals surface area contributed by atoms with Crippen LogP contribution in [0.2, 0.25) is 0 Å². The van der Waals surface area contributed by atoms with Crippen LogP contribution >= 0.6 is 0 Å². The number of rotatable bonds is 3. The van der Waals surface area contributed by atoms with Gasteiger partial charge in [0.05, 0.1) is 17.5 Å². The molecule has 1 fully saturated rings. The molecule has 3 aromatic rings. The molecule has 1 aliphatic heterocycles. The number of hydrogen-bond acceptors (Lipinski definition) is 3. The fourth-order valence-electron chi connectivity index (χ4n) is 2.39. The second kappa shape index (κ2) is 3.90. The van der Waals surface area contributed by atoms with Gasteiger partial charge in [0.2, 0.25) is 0 Å². The van der Waals surface area contributed by atoms with Crippen molar-refractivity contribution in [3.63, 3.8) is 0 Å². The van der Waals surface area contributed by atoms with E-state index in [0.717, 1.165) is 28.4 Å². The zero-order valence-corrected chi connectivity index (χ0v) is 10.2. The molecule has 0 aliphatic carbocycles. The monoisotopic (exact) mass is 255 g/mol. The Bertz CT molecular complexity index is 759. The van der Waals surface area contributed by atoms with Gasteiger partial charge >= 0.3 is 0 Å². The van der Waals surface area contributed by atoms with Crippen molar-refractivity contribution in [1.29, 1.82) is 0 Å². The lowest BCUT2D eigenvalue weighted by atomic mass is 10.1. The Morgan fingerprint density at radius 2 is 2.05 bits per heavy atom. The Balaban J connectivity index is 1.94. The van der Waals surface area contributed by atoms with E-state index < -0.39 is 0 Å². The first-order valence-electron chi connectivity index (χ1n) is 6.30. The molecule has 1 atom stereocenters. The number of nitrogens with one attached hydrogen (secondary N) is 1. The smallest absolute Gasteiger partial charge is 0.171 e. The number of hydrogen-bond donors (Lipinski definition) is 2. The number of ether oxygens (including phenoxy) is 2. The van der Waals surface area contributed by atoms with Crippen molar-refractivity contribution in [3.8, 4) is 11.5 Å². The molecule has 1 saturated heterocycles. The van der Waals surface area contributed by atoms with Crippen LogP contribution in [0.5, 0.6) is 11.5 Å². The van der Waals surface area contributed by atoms with E-state index in [4.69, 9.17) is 9.47 Å². The first-order chi connectivity index (χ1) is 9.33. The third kappa shape index (κ3) is 1.72. The van der Waals surface area contributed by atoms with Gasteiger partial charge in [-0.1, -0.05) is 18.2 Å². The third-order valence-electron chi connectivity index (χ3n) is 3.42. The second-order valence-electron chi connectivity index (χ2n) is 4.77. The normalized spacial score (nSPS) is 18.0. The van der Waals surface area contributed by atoms with Crippen LogP contribution in [0.15, 0.2) is 36.4 Å². The first kappa shape index (κ1) is 10.7. The number of phenols is 1. The van der Waals surface area contributed by atoms with Gasteiger partial charge in [-0.3, -0.25) is 0 Å². The minimum Gasteiger partial charge on any atom is -0.504 e. The molecular formula is C15H13NO3. The van der Waals surface area contributed by atoms with E-state index >= 15 is 0 Å². The van der Waals surface area contributed by atoms with Crippen LogP contribution in [0.3, 0.4) is 0 Å². The molecule has 96 valence electrons. The minimum absolute atomic E-state index is 0.165. The Hall–Kier alpha value is -2.20. The lowest BCUT2D eigenvalue weighted by Gasteiger charge is -2.08. The topological polar surface area (TPSA) is 57.8 Å². The van der Waals surface area contributed by atoms with Gasteiger partial charge in [0.25, 0.3) is 0 Å². The van der Waals surface area contributed by atoms with Crippen molar-refractivity contribution in [2.75, 3.05) is 13.2 Å². The number of epoxide rings is 1. The molecule has 2 N–H and O–H groups in total. The largest absolute Gasteiger partial charge is 0.504 e. The molecule has 2 aromatic carbocycles. The summed E-state index contributed by atoms with van der Waals surface area (Å²) in [5, 5.41) is 12.0. The number of benzene rings is 2. The predicted octanol–water partition coefficient (Wildman–Crippen LogP) is 2.80. The van der Waals surface area contributed by atoms with E-state index in [1.54, 1.807) is 6.07 Å². The summed E-state index contributed by atoms with van der Waals surface area (Å²) in [6.07, 6.45) is 0.167. The Kier molecular flexibility index (Phi) is 2.19. The van der Waals surface area contributed by atoms with Gasteiger partial charge in [0.1, 0.15) is 12.7 Å². The maximum Gasteiger partial charge on any atom is 0.171 e. The van der Waals surface area contributed by atoms with E-state index in [-0.39, 0.29) is 11.9 Å². The van der Waals surface area contributed by atoms with Gasteiger partial charge in [0.15, 0.2) is 11.5 Å². The molecule has 0 unspecified atom stereocenters. The van der Waals surface area contributed by atoms with E-state index in [1.165, 1.54) is 0 Å². The van der Waals surface area contributed by atoms with Gasteiger partial charge in [-0.05, 0) is 18.2 Å². The zero-order chi connectivity index (χ0) is 12.8. The molecule has 2 heterocycles. The minimum atomic E-state index is 0.165. The highest BCUT2D eigenvalue weighted by atomic mass is 16.6. The summed E-state index contributed by atoms with van der Waals surface area (Å²) in [7, 11) is 0. The van der Waals surface area contributed by atoms with Crippen LogP contribution in [-0.4, -0.2) is 29.4 Å². The van der Waals surface area contributed by atoms with Crippen LogP contribution in [0.25, 0.3) is 21.8 Å². The van der Waals surface area contributed by atoms with Crippen molar-refractivity contribution in [2.24, 2.45) is 0 Å².